The fourth-order valence-corrected chi connectivity index (χ4v) is 1.98. The third-order valence-electron chi connectivity index (χ3n) is 2.98. The van der Waals surface area contributed by atoms with Crippen LogP contribution in [0, 0.1) is 0 Å². The minimum atomic E-state index is -0.192. The van der Waals surface area contributed by atoms with E-state index in [1.165, 1.54) is 6.08 Å². The van der Waals surface area contributed by atoms with Crippen molar-refractivity contribution < 1.29 is 9.53 Å². The van der Waals surface area contributed by atoms with E-state index in [0.717, 1.165) is 17.0 Å². The Hall–Kier alpha value is -2.27. The second-order valence-corrected chi connectivity index (χ2v) is 4.79. The van der Waals surface area contributed by atoms with Crippen LogP contribution in [0.4, 0.5) is 0 Å². The molecule has 110 valence electrons. The lowest BCUT2D eigenvalue weighted by atomic mass is 10.2. The van der Waals surface area contributed by atoms with Gasteiger partial charge in [-0.3, -0.25) is 9.48 Å². The Labute approximate surface area is 128 Å². The third-order valence-corrected chi connectivity index (χ3v) is 3.30. The summed E-state index contributed by atoms with van der Waals surface area (Å²) in [6, 6.07) is 7.43. The van der Waals surface area contributed by atoms with Crippen LogP contribution in [-0.4, -0.2) is 22.8 Å². The average molecular weight is 306 g/mol. The van der Waals surface area contributed by atoms with E-state index in [1.54, 1.807) is 31.1 Å². The number of aryl methyl sites for hydroxylation is 1. The van der Waals surface area contributed by atoms with Gasteiger partial charge >= 0.3 is 0 Å². The van der Waals surface area contributed by atoms with Crippen LogP contribution in [0.25, 0.3) is 6.08 Å². The van der Waals surface area contributed by atoms with Crippen LogP contribution in [0.15, 0.2) is 36.5 Å². The van der Waals surface area contributed by atoms with Crippen LogP contribution in [-0.2, 0) is 18.4 Å². The molecule has 1 aromatic carbocycles. The van der Waals surface area contributed by atoms with Crippen molar-refractivity contribution in [3.63, 3.8) is 0 Å². The van der Waals surface area contributed by atoms with Crippen molar-refractivity contribution in [2.75, 3.05) is 7.11 Å². The minimum Gasteiger partial charge on any atom is -0.497 e. The van der Waals surface area contributed by atoms with Gasteiger partial charge in [0.15, 0.2) is 0 Å². The number of ether oxygens (including phenoxy) is 1. The summed E-state index contributed by atoms with van der Waals surface area (Å²) < 4.78 is 6.71. The van der Waals surface area contributed by atoms with E-state index in [0.29, 0.717) is 11.6 Å². The molecule has 0 fully saturated rings. The first-order valence-electron chi connectivity index (χ1n) is 6.36. The van der Waals surface area contributed by atoms with E-state index in [2.05, 4.69) is 10.4 Å². The molecule has 0 saturated carbocycles. The Morgan fingerprint density at radius 2 is 2.14 bits per heavy atom. The molecule has 5 nitrogen and oxygen atoms in total. The maximum atomic E-state index is 11.8. The Kier molecular flexibility index (Phi) is 5.00. The zero-order valence-corrected chi connectivity index (χ0v) is 12.6. The highest BCUT2D eigenvalue weighted by Gasteiger charge is 2.06. The highest BCUT2D eigenvalue weighted by molar-refractivity contribution is 6.31. The lowest BCUT2D eigenvalue weighted by Crippen LogP contribution is -2.22. The van der Waals surface area contributed by atoms with Gasteiger partial charge in [0.2, 0.25) is 5.91 Å². The summed E-state index contributed by atoms with van der Waals surface area (Å²) in [5, 5.41) is 7.31. The predicted octanol–water partition coefficient (Wildman–Crippen LogP) is 2.41. The second kappa shape index (κ2) is 6.95. The molecule has 6 heteroatoms. The molecule has 1 aromatic heterocycles. The molecule has 0 aliphatic rings. The van der Waals surface area contributed by atoms with Crippen molar-refractivity contribution in [3.05, 3.63) is 52.8 Å². The van der Waals surface area contributed by atoms with Crippen molar-refractivity contribution in [1.82, 2.24) is 15.1 Å². The van der Waals surface area contributed by atoms with Gasteiger partial charge in [0, 0.05) is 13.1 Å². The molecule has 1 heterocycles. The Bertz CT molecular complexity index is 628. The summed E-state index contributed by atoms with van der Waals surface area (Å²) in [5.41, 5.74) is 1.69. The van der Waals surface area contributed by atoms with Crippen LogP contribution in [0.2, 0.25) is 5.02 Å². The van der Waals surface area contributed by atoms with Crippen LogP contribution < -0.4 is 10.1 Å². The van der Waals surface area contributed by atoms with E-state index >= 15 is 0 Å². The molecular formula is C15H16ClN3O2. The second-order valence-electron chi connectivity index (χ2n) is 4.39. The largest absolute Gasteiger partial charge is 0.497 e. The van der Waals surface area contributed by atoms with E-state index in [-0.39, 0.29) is 5.91 Å². The summed E-state index contributed by atoms with van der Waals surface area (Å²) in [6.07, 6.45) is 4.77. The lowest BCUT2D eigenvalue weighted by Gasteiger charge is -2.03. The zero-order chi connectivity index (χ0) is 15.2. The van der Waals surface area contributed by atoms with Gasteiger partial charge in [0.05, 0.1) is 30.6 Å². The fraction of sp³-hybridized carbons (Fsp3) is 0.200. The number of carbonyl (C=O) groups excluding carboxylic acids is 1. The molecule has 0 saturated heterocycles. The standard InChI is InChI=1S/C15H16ClN3O2/c1-19-14(13(16)9-18-19)10-17-15(20)8-5-11-3-6-12(21-2)7-4-11/h3-9H,10H2,1-2H3,(H,17,20)/b8-5+. The fourth-order valence-electron chi connectivity index (χ4n) is 1.75. The van der Waals surface area contributed by atoms with Gasteiger partial charge in [-0.05, 0) is 23.8 Å². The number of methoxy groups -OCH3 is 1. The number of rotatable bonds is 5. The average Bonchev–Trinajstić information content (AvgIpc) is 2.82. The molecule has 0 bridgehead atoms. The molecule has 0 radical (unpaired) electrons. The molecule has 1 amide bonds. The molecule has 0 aliphatic heterocycles. The number of nitrogens with one attached hydrogen (secondary N) is 1. The van der Waals surface area contributed by atoms with Gasteiger partial charge < -0.3 is 10.1 Å². The van der Waals surface area contributed by atoms with Gasteiger partial charge in [-0.15, -0.1) is 0 Å². The van der Waals surface area contributed by atoms with Crippen LogP contribution >= 0.6 is 11.6 Å². The van der Waals surface area contributed by atoms with Crippen molar-refractivity contribution in [2.24, 2.45) is 7.05 Å². The van der Waals surface area contributed by atoms with Crippen molar-refractivity contribution in [3.8, 4) is 5.75 Å². The number of hydrogen-bond donors (Lipinski definition) is 1. The highest BCUT2D eigenvalue weighted by atomic mass is 35.5. The third kappa shape index (κ3) is 4.10. The minimum absolute atomic E-state index is 0.192. The summed E-state index contributed by atoms with van der Waals surface area (Å²) in [5.74, 6) is 0.588. The van der Waals surface area contributed by atoms with E-state index in [1.807, 2.05) is 24.3 Å². The van der Waals surface area contributed by atoms with E-state index in [9.17, 15) is 4.79 Å². The van der Waals surface area contributed by atoms with E-state index in [4.69, 9.17) is 16.3 Å². The molecule has 0 unspecified atom stereocenters. The molecule has 1 N–H and O–H groups in total. The van der Waals surface area contributed by atoms with E-state index < -0.39 is 0 Å². The first-order valence-corrected chi connectivity index (χ1v) is 6.74. The molecule has 2 rings (SSSR count). The first-order chi connectivity index (χ1) is 10.1. The molecular weight excluding hydrogens is 290 g/mol. The lowest BCUT2D eigenvalue weighted by molar-refractivity contribution is -0.116. The molecule has 0 spiro atoms. The maximum Gasteiger partial charge on any atom is 0.244 e. The number of aromatic nitrogens is 2. The first kappa shape index (κ1) is 15.1. The number of halogens is 1. The van der Waals surface area contributed by atoms with Gasteiger partial charge in [-0.25, -0.2) is 0 Å². The Morgan fingerprint density at radius 3 is 2.71 bits per heavy atom. The normalized spacial score (nSPS) is 10.8. The predicted molar refractivity (Wildman–Crippen MR) is 82.1 cm³/mol. The number of benzene rings is 1. The Morgan fingerprint density at radius 1 is 1.43 bits per heavy atom. The molecule has 0 aliphatic carbocycles. The topological polar surface area (TPSA) is 56.1 Å². The van der Waals surface area contributed by atoms with Crippen LogP contribution in [0.3, 0.4) is 0 Å². The number of amides is 1. The summed E-state index contributed by atoms with van der Waals surface area (Å²) in [6.45, 7) is 0.334. The summed E-state index contributed by atoms with van der Waals surface area (Å²) in [7, 11) is 3.39. The Balaban J connectivity index is 1.90. The van der Waals surface area contributed by atoms with Crippen molar-refractivity contribution in [2.45, 2.75) is 6.54 Å². The van der Waals surface area contributed by atoms with Crippen LogP contribution in [0.5, 0.6) is 5.75 Å². The summed E-state index contributed by atoms with van der Waals surface area (Å²) >= 11 is 5.97. The monoisotopic (exact) mass is 305 g/mol. The zero-order valence-electron chi connectivity index (χ0n) is 11.8. The van der Waals surface area contributed by atoms with Crippen LogP contribution in [0.1, 0.15) is 11.3 Å². The number of carbonyl (C=O) groups is 1. The highest BCUT2D eigenvalue weighted by Crippen LogP contribution is 2.14. The summed E-state index contributed by atoms with van der Waals surface area (Å²) in [4.78, 5) is 11.8. The SMILES string of the molecule is COc1ccc(/C=C/C(=O)NCc2c(Cl)cnn2C)cc1. The maximum absolute atomic E-state index is 11.8. The van der Waals surface area contributed by atoms with Gasteiger partial charge in [0.25, 0.3) is 0 Å². The van der Waals surface area contributed by atoms with Gasteiger partial charge in [-0.2, -0.15) is 5.10 Å². The molecule has 21 heavy (non-hydrogen) atoms. The number of nitrogens with zero attached hydrogens (tertiary/aromatic N) is 2. The molecule has 2 aromatic rings. The number of hydrogen-bond acceptors (Lipinski definition) is 3. The van der Waals surface area contributed by atoms with Gasteiger partial charge in [-0.1, -0.05) is 23.7 Å². The van der Waals surface area contributed by atoms with Crippen molar-refractivity contribution in [1.29, 1.82) is 0 Å². The van der Waals surface area contributed by atoms with Crippen molar-refractivity contribution >= 4 is 23.6 Å². The smallest absolute Gasteiger partial charge is 0.244 e. The molecule has 0 atom stereocenters. The van der Waals surface area contributed by atoms with Gasteiger partial charge in [0.1, 0.15) is 5.75 Å². The quantitative estimate of drug-likeness (QED) is 0.863.